The van der Waals surface area contributed by atoms with Crippen LogP contribution in [0.15, 0.2) is 29.2 Å². The summed E-state index contributed by atoms with van der Waals surface area (Å²) in [5.41, 5.74) is -0.00273. The number of nitrogens with zero attached hydrogens (tertiary/aromatic N) is 3. The van der Waals surface area contributed by atoms with Gasteiger partial charge in [0.1, 0.15) is 11.7 Å². The minimum atomic E-state index is -0.406. The Bertz CT molecular complexity index is 625. The molecule has 0 saturated heterocycles. The first-order chi connectivity index (χ1) is 7.77. The van der Waals surface area contributed by atoms with E-state index in [1.165, 1.54) is 4.40 Å². The van der Waals surface area contributed by atoms with Crippen LogP contribution >= 0.6 is 0 Å². The Balaban J connectivity index is 2.83. The highest BCUT2D eigenvalue weighted by Crippen LogP contribution is 2.11. The van der Waals surface area contributed by atoms with E-state index in [1.807, 2.05) is 6.07 Å². The van der Waals surface area contributed by atoms with Crippen LogP contribution in [0, 0.1) is 11.3 Å². The molecule has 0 unspecified atom stereocenters. The summed E-state index contributed by atoms with van der Waals surface area (Å²) in [4.78, 5) is 16.0. The number of rotatable bonds is 2. The van der Waals surface area contributed by atoms with Gasteiger partial charge in [0.2, 0.25) is 5.88 Å². The molecule has 16 heavy (non-hydrogen) atoms. The van der Waals surface area contributed by atoms with Gasteiger partial charge < -0.3 is 4.74 Å². The van der Waals surface area contributed by atoms with Crippen molar-refractivity contribution < 1.29 is 4.74 Å². The third kappa shape index (κ3) is 1.50. The number of aromatic nitrogens is 2. The molecule has 5 nitrogen and oxygen atoms in total. The molecule has 2 aromatic rings. The summed E-state index contributed by atoms with van der Waals surface area (Å²) in [6, 6.07) is 6.98. The molecule has 0 N–H and O–H groups in total. The molecule has 0 fully saturated rings. The van der Waals surface area contributed by atoms with Crippen molar-refractivity contribution in [2.24, 2.45) is 0 Å². The van der Waals surface area contributed by atoms with E-state index in [9.17, 15) is 4.79 Å². The second-order valence-corrected chi connectivity index (χ2v) is 3.07. The van der Waals surface area contributed by atoms with Crippen molar-refractivity contribution in [2.45, 2.75) is 6.92 Å². The van der Waals surface area contributed by atoms with E-state index in [1.54, 1.807) is 31.3 Å². The van der Waals surface area contributed by atoms with Crippen LogP contribution in [-0.4, -0.2) is 16.0 Å². The molecule has 0 amide bonds. The molecule has 0 spiro atoms. The summed E-state index contributed by atoms with van der Waals surface area (Å²) in [7, 11) is 0. The van der Waals surface area contributed by atoms with Gasteiger partial charge in [-0.25, -0.2) is 0 Å². The van der Waals surface area contributed by atoms with Gasteiger partial charge in [0, 0.05) is 6.20 Å². The van der Waals surface area contributed by atoms with Crippen molar-refractivity contribution in [1.29, 1.82) is 5.26 Å². The highest BCUT2D eigenvalue weighted by molar-refractivity contribution is 5.46. The number of fused-ring (bicyclic) bond motifs is 1. The first kappa shape index (κ1) is 10.2. The van der Waals surface area contributed by atoms with E-state index >= 15 is 0 Å². The van der Waals surface area contributed by atoms with Crippen LogP contribution in [-0.2, 0) is 0 Å². The normalized spacial score (nSPS) is 10.0. The van der Waals surface area contributed by atoms with Crippen LogP contribution in [0.25, 0.3) is 5.65 Å². The maximum atomic E-state index is 11.9. The highest BCUT2D eigenvalue weighted by Gasteiger charge is 2.12. The topological polar surface area (TPSA) is 67.4 Å². The molecule has 0 radical (unpaired) electrons. The van der Waals surface area contributed by atoms with Gasteiger partial charge >= 0.3 is 0 Å². The zero-order valence-electron chi connectivity index (χ0n) is 8.67. The first-order valence-electron chi connectivity index (χ1n) is 4.82. The van der Waals surface area contributed by atoms with Crippen molar-refractivity contribution in [3.8, 4) is 11.9 Å². The van der Waals surface area contributed by atoms with Gasteiger partial charge in [-0.05, 0) is 19.1 Å². The summed E-state index contributed by atoms with van der Waals surface area (Å²) in [5, 5.41) is 8.90. The van der Waals surface area contributed by atoms with Crippen molar-refractivity contribution in [3.63, 3.8) is 0 Å². The Kier molecular flexibility index (Phi) is 2.56. The standard InChI is InChI=1S/C11H9N3O2/c1-2-16-10-8(7-12)11(15)14-6-4-3-5-9(14)13-10/h3-6H,2H2,1H3. The van der Waals surface area contributed by atoms with Crippen LogP contribution in [0.1, 0.15) is 12.5 Å². The van der Waals surface area contributed by atoms with E-state index < -0.39 is 5.56 Å². The van der Waals surface area contributed by atoms with Crippen molar-refractivity contribution in [3.05, 3.63) is 40.3 Å². The fourth-order valence-electron chi connectivity index (χ4n) is 1.41. The Labute approximate surface area is 91.5 Å². The minimum absolute atomic E-state index is 0.0643. The Morgan fingerprint density at radius 3 is 3.06 bits per heavy atom. The lowest BCUT2D eigenvalue weighted by atomic mass is 10.3. The molecule has 0 aromatic carbocycles. The molecule has 2 aromatic heterocycles. The molecular formula is C11H9N3O2. The van der Waals surface area contributed by atoms with Gasteiger partial charge in [0.05, 0.1) is 6.61 Å². The number of hydrogen-bond acceptors (Lipinski definition) is 4. The Morgan fingerprint density at radius 1 is 1.56 bits per heavy atom. The van der Waals surface area contributed by atoms with Gasteiger partial charge in [-0.15, -0.1) is 0 Å². The zero-order valence-corrected chi connectivity index (χ0v) is 8.67. The minimum Gasteiger partial charge on any atom is -0.477 e. The van der Waals surface area contributed by atoms with Crippen molar-refractivity contribution in [1.82, 2.24) is 9.38 Å². The average Bonchev–Trinajstić information content (AvgIpc) is 2.30. The SMILES string of the molecule is CCOc1nc2ccccn2c(=O)c1C#N. The third-order valence-electron chi connectivity index (χ3n) is 2.09. The van der Waals surface area contributed by atoms with E-state index in [0.29, 0.717) is 12.3 Å². The average molecular weight is 215 g/mol. The maximum Gasteiger partial charge on any atom is 0.279 e. The molecular weight excluding hydrogens is 206 g/mol. The number of nitriles is 1. The van der Waals surface area contributed by atoms with Crippen LogP contribution < -0.4 is 10.3 Å². The van der Waals surface area contributed by atoms with Gasteiger partial charge in [0.15, 0.2) is 5.56 Å². The molecule has 0 aliphatic rings. The molecule has 5 heteroatoms. The van der Waals surface area contributed by atoms with Crippen molar-refractivity contribution in [2.75, 3.05) is 6.61 Å². The predicted molar refractivity (Wildman–Crippen MR) is 57.3 cm³/mol. The second kappa shape index (κ2) is 4.03. The Hall–Kier alpha value is -2.35. The van der Waals surface area contributed by atoms with Gasteiger partial charge in [-0.2, -0.15) is 10.2 Å². The van der Waals surface area contributed by atoms with Crippen LogP contribution in [0.5, 0.6) is 5.88 Å². The molecule has 80 valence electrons. The molecule has 2 rings (SSSR count). The number of pyridine rings is 1. The van der Waals surface area contributed by atoms with Gasteiger partial charge in [0.25, 0.3) is 5.56 Å². The van der Waals surface area contributed by atoms with Crippen LogP contribution in [0.4, 0.5) is 0 Å². The van der Waals surface area contributed by atoms with Crippen LogP contribution in [0.3, 0.4) is 0 Å². The lowest BCUT2D eigenvalue weighted by Gasteiger charge is -2.05. The molecule has 0 aliphatic heterocycles. The second-order valence-electron chi connectivity index (χ2n) is 3.07. The molecule has 0 aliphatic carbocycles. The fraction of sp³-hybridized carbons (Fsp3) is 0.182. The predicted octanol–water partition coefficient (Wildman–Crippen LogP) is 0.965. The van der Waals surface area contributed by atoms with E-state index in [0.717, 1.165) is 0 Å². The van der Waals surface area contributed by atoms with E-state index in [2.05, 4.69) is 4.98 Å². The summed E-state index contributed by atoms with van der Waals surface area (Å²) in [6.07, 6.45) is 1.57. The summed E-state index contributed by atoms with van der Waals surface area (Å²) >= 11 is 0. The lowest BCUT2D eigenvalue weighted by molar-refractivity contribution is 0.325. The Morgan fingerprint density at radius 2 is 2.38 bits per heavy atom. The summed E-state index contributed by atoms with van der Waals surface area (Å²) in [5.74, 6) is 0.0983. The smallest absolute Gasteiger partial charge is 0.279 e. The van der Waals surface area contributed by atoms with Crippen LogP contribution in [0.2, 0.25) is 0 Å². The fourth-order valence-corrected chi connectivity index (χ4v) is 1.41. The lowest BCUT2D eigenvalue weighted by Crippen LogP contribution is -2.19. The quantitative estimate of drug-likeness (QED) is 0.748. The molecule has 0 bridgehead atoms. The van der Waals surface area contributed by atoms with Crippen molar-refractivity contribution >= 4 is 5.65 Å². The summed E-state index contributed by atoms with van der Waals surface area (Å²) < 4.78 is 6.49. The van der Waals surface area contributed by atoms with E-state index in [4.69, 9.17) is 10.00 Å². The van der Waals surface area contributed by atoms with E-state index in [-0.39, 0.29) is 11.4 Å². The molecule has 0 saturated carbocycles. The van der Waals surface area contributed by atoms with Gasteiger partial charge in [-0.1, -0.05) is 6.07 Å². The summed E-state index contributed by atoms with van der Waals surface area (Å²) in [6.45, 7) is 2.14. The monoisotopic (exact) mass is 215 g/mol. The maximum absolute atomic E-state index is 11.9. The molecule has 0 atom stereocenters. The highest BCUT2D eigenvalue weighted by atomic mass is 16.5. The number of ether oxygens (including phenoxy) is 1. The zero-order chi connectivity index (χ0) is 11.5. The third-order valence-corrected chi connectivity index (χ3v) is 2.09. The molecule has 2 heterocycles. The first-order valence-corrected chi connectivity index (χ1v) is 4.82. The largest absolute Gasteiger partial charge is 0.477 e. The number of hydrogen-bond donors (Lipinski definition) is 0. The van der Waals surface area contributed by atoms with Gasteiger partial charge in [-0.3, -0.25) is 9.20 Å².